The quantitative estimate of drug-likeness (QED) is 0.433. The van der Waals surface area contributed by atoms with E-state index < -0.39 is 0 Å². The Kier molecular flexibility index (Phi) is 7.12. The van der Waals surface area contributed by atoms with Gasteiger partial charge in [0.25, 0.3) is 0 Å². The summed E-state index contributed by atoms with van der Waals surface area (Å²) in [6.45, 7) is 8.20. The Labute approximate surface area is 175 Å². The molecule has 10 nitrogen and oxygen atoms in total. The average molecular weight is 412 g/mol. The number of hydrogen-bond acceptors (Lipinski definition) is 8. The lowest BCUT2D eigenvalue weighted by atomic mass is 10.2. The number of pyridine rings is 1. The summed E-state index contributed by atoms with van der Waals surface area (Å²) in [7, 11) is 1.60. The predicted octanol–water partition coefficient (Wildman–Crippen LogP) is 2.03. The molecule has 30 heavy (non-hydrogen) atoms. The third kappa shape index (κ3) is 5.01. The van der Waals surface area contributed by atoms with Crippen molar-refractivity contribution in [2.75, 3.05) is 37.4 Å². The van der Waals surface area contributed by atoms with Crippen molar-refractivity contribution in [3.63, 3.8) is 0 Å². The van der Waals surface area contributed by atoms with E-state index in [9.17, 15) is 4.79 Å². The molecule has 3 N–H and O–H groups in total. The van der Waals surface area contributed by atoms with Gasteiger partial charge >= 0.3 is 0 Å². The molecule has 0 unspecified atom stereocenters. The van der Waals surface area contributed by atoms with Crippen molar-refractivity contribution in [1.82, 2.24) is 30.0 Å². The van der Waals surface area contributed by atoms with Gasteiger partial charge in [0.1, 0.15) is 16.9 Å². The summed E-state index contributed by atoms with van der Waals surface area (Å²) in [5.74, 6) is 1.57. The minimum atomic E-state index is -0.134. The molecular weight excluding hydrogens is 384 g/mol. The highest BCUT2D eigenvalue weighted by molar-refractivity contribution is 5.92. The summed E-state index contributed by atoms with van der Waals surface area (Å²) < 4.78 is 7.30. The lowest BCUT2D eigenvalue weighted by Gasteiger charge is -2.11. The number of aromatic nitrogens is 5. The lowest BCUT2D eigenvalue weighted by Crippen LogP contribution is -2.20. The molecule has 0 bridgehead atoms. The van der Waals surface area contributed by atoms with Crippen LogP contribution in [0.4, 0.5) is 17.6 Å². The molecule has 0 radical (unpaired) electrons. The van der Waals surface area contributed by atoms with Crippen LogP contribution in [-0.4, -0.2) is 57.4 Å². The lowest BCUT2D eigenvalue weighted by molar-refractivity contribution is -0.120. The van der Waals surface area contributed by atoms with E-state index in [1.807, 2.05) is 32.9 Å². The number of ether oxygens (including phenoxy) is 1. The first-order valence-electron chi connectivity index (χ1n) is 10.0. The first-order chi connectivity index (χ1) is 14.5. The molecule has 0 aliphatic rings. The molecule has 0 aliphatic heterocycles. The number of aryl methyl sites for hydroxylation is 1. The number of likely N-dealkylation sites (N-methyl/N-ethyl adjacent to an activating group) is 1. The van der Waals surface area contributed by atoms with Gasteiger partial charge in [-0.05, 0) is 38.5 Å². The Hall–Kier alpha value is -3.27. The number of carbonyl (C=O) groups excluding carboxylic acids is 1. The van der Waals surface area contributed by atoms with Crippen molar-refractivity contribution in [3.05, 3.63) is 29.6 Å². The molecule has 160 valence electrons. The number of hydrogen-bond donors (Lipinski definition) is 3. The van der Waals surface area contributed by atoms with Gasteiger partial charge in [-0.2, -0.15) is 10.1 Å². The number of rotatable bonds is 10. The van der Waals surface area contributed by atoms with Gasteiger partial charge in [0.05, 0.1) is 25.3 Å². The van der Waals surface area contributed by atoms with E-state index in [2.05, 4.69) is 36.0 Å². The highest BCUT2D eigenvalue weighted by Crippen LogP contribution is 2.28. The molecule has 0 saturated heterocycles. The Morgan fingerprint density at radius 3 is 2.80 bits per heavy atom. The highest BCUT2D eigenvalue weighted by atomic mass is 16.5. The molecule has 0 atom stereocenters. The summed E-state index contributed by atoms with van der Waals surface area (Å²) in [4.78, 5) is 25.7. The van der Waals surface area contributed by atoms with Crippen molar-refractivity contribution in [2.24, 2.45) is 0 Å². The Morgan fingerprint density at radius 1 is 1.27 bits per heavy atom. The summed E-state index contributed by atoms with van der Waals surface area (Å²) in [6, 6.07) is 3.87. The molecule has 0 aliphatic carbocycles. The summed E-state index contributed by atoms with van der Waals surface area (Å²) in [5.41, 5.74) is 2.99. The Balaban J connectivity index is 2.13. The van der Waals surface area contributed by atoms with Crippen LogP contribution < -0.4 is 16.0 Å². The fourth-order valence-corrected chi connectivity index (χ4v) is 3.01. The van der Waals surface area contributed by atoms with E-state index in [4.69, 9.17) is 4.74 Å². The van der Waals surface area contributed by atoms with Crippen LogP contribution in [0.1, 0.15) is 25.1 Å². The van der Waals surface area contributed by atoms with Gasteiger partial charge in [-0.1, -0.05) is 0 Å². The minimum absolute atomic E-state index is 0.124. The molecule has 0 aromatic carbocycles. The number of fused-ring (bicyclic) bond motifs is 1. The average Bonchev–Trinajstić information content (AvgIpc) is 3.06. The second kappa shape index (κ2) is 9.97. The van der Waals surface area contributed by atoms with Crippen LogP contribution >= 0.6 is 0 Å². The first kappa shape index (κ1) is 21.4. The maximum absolute atomic E-state index is 12.0. The zero-order valence-electron chi connectivity index (χ0n) is 17.8. The third-order valence-corrected chi connectivity index (χ3v) is 4.41. The monoisotopic (exact) mass is 412 g/mol. The summed E-state index contributed by atoms with van der Waals surface area (Å²) in [5, 5.41) is 13.7. The summed E-state index contributed by atoms with van der Waals surface area (Å²) >= 11 is 0. The molecule has 3 aromatic heterocycles. The number of nitrogens with one attached hydrogen (secondary N) is 3. The molecule has 0 saturated carbocycles. The highest BCUT2D eigenvalue weighted by Gasteiger charge is 2.20. The SMILES string of the molecule is CCNc1nc(Nc2cc(C)ccn2)c2c(n1)c(CC(=O)NC)nn2CCOCC. The van der Waals surface area contributed by atoms with Gasteiger partial charge in [-0.15, -0.1) is 0 Å². The topological polar surface area (TPSA) is 119 Å². The third-order valence-electron chi connectivity index (χ3n) is 4.41. The Morgan fingerprint density at radius 2 is 2.10 bits per heavy atom. The van der Waals surface area contributed by atoms with Gasteiger partial charge in [-0.3, -0.25) is 9.48 Å². The van der Waals surface area contributed by atoms with Gasteiger partial charge in [0, 0.05) is 26.4 Å². The normalized spacial score (nSPS) is 10.9. The minimum Gasteiger partial charge on any atom is -0.380 e. The van der Waals surface area contributed by atoms with Gasteiger partial charge < -0.3 is 20.7 Å². The van der Waals surface area contributed by atoms with Crippen molar-refractivity contribution in [1.29, 1.82) is 0 Å². The maximum atomic E-state index is 12.0. The van der Waals surface area contributed by atoms with E-state index in [-0.39, 0.29) is 12.3 Å². The number of nitrogens with zero attached hydrogens (tertiary/aromatic N) is 5. The fraction of sp³-hybridized carbons (Fsp3) is 0.450. The number of carbonyl (C=O) groups is 1. The van der Waals surface area contributed by atoms with Crippen LogP contribution in [0.3, 0.4) is 0 Å². The van der Waals surface area contributed by atoms with Crippen LogP contribution in [-0.2, 0) is 22.5 Å². The first-order valence-corrected chi connectivity index (χ1v) is 10.0. The van der Waals surface area contributed by atoms with Gasteiger partial charge in [0.2, 0.25) is 11.9 Å². The van der Waals surface area contributed by atoms with E-state index in [1.165, 1.54) is 0 Å². The van der Waals surface area contributed by atoms with E-state index >= 15 is 0 Å². The van der Waals surface area contributed by atoms with E-state index in [1.54, 1.807) is 17.9 Å². The van der Waals surface area contributed by atoms with Crippen LogP contribution in [0.5, 0.6) is 0 Å². The molecule has 3 heterocycles. The summed E-state index contributed by atoms with van der Waals surface area (Å²) in [6.07, 6.45) is 1.87. The second-order valence-electron chi connectivity index (χ2n) is 6.68. The second-order valence-corrected chi connectivity index (χ2v) is 6.68. The maximum Gasteiger partial charge on any atom is 0.225 e. The molecular formula is C20H28N8O2. The smallest absolute Gasteiger partial charge is 0.225 e. The predicted molar refractivity (Wildman–Crippen MR) is 116 cm³/mol. The number of anilines is 3. The van der Waals surface area contributed by atoms with Crippen molar-refractivity contribution < 1.29 is 9.53 Å². The largest absolute Gasteiger partial charge is 0.380 e. The van der Waals surface area contributed by atoms with Crippen molar-refractivity contribution in [2.45, 2.75) is 33.7 Å². The molecule has 0 spiro atoms. The molecule has 1 amide bonds. The standard InChI is InChI=1S/C20H28N8O2/c1-5-22-20-25-17-14(12-16(29)21-4)27-28(9-10-30-6-2)18(17)19(26-20)24-15-11-13(3)7-8-23-15/h7-8,11H,5-6,9-10,12H2,1-4H3,(H,21,29)(H2,22,23,24,25,26). The molecule has 3 aromatic rings. The van der Waals surface area contributed by atoms with Crippen molar-refractivity contribution >= 4 is 34.5 Å². The Bertz CT molecular complexity index is 1020. The zero-order valence-corrected chi connectivity index (χ0v) is 17.8. The van der Waals surface area contributed by atoms with Gasteiger partial charge in [-0.25, -0.2) is 9.97 Å². The van der Waals surface area contributed by atoms with Crippen LogP contribution in [0, 0.1) is 6.92 Å². The molecule has 0 fully saturated rings. The molecule has 3 rings (SSSR count). The molecule has 10 heteroatoms. The number of amides is 1. The zero-order chi connectivity index (χ0) is 21.5. The van der Waals surface area contributed by atoms with E-state index in [0.29, 0.717) is 60.6 Å². The van der Waals surface area contributed by atoms with Gasteiger partial charge in [0.15, 0.2) is 5.82 Å². The van der Waals surface area contributed by atoms with Crippen LogP contribution in [0.2, 0.25) is 0 Å². The van der Waals surface area contributed by atoms with Crippen LogP contribution in [0.25, 0.3) is 11.0 Å². The van der Waals surface area contributed by atoms with Crippen LogP contribution in [0.15, 0.2) is 18.3 Å². The fourth-order valence-electron chi connectivity index (χ4n) is 3.01. The van der Waals surface area contributed by atoms with E-state index in [0.717, 1.165) is 5.56 Å². The van der Waals surface area contributed by atoms with Crippen molar-refractivity contribution in [3.8, 4) is 0 Å².